The molecule has 1 atom stereocenters. The quantitative estimate of drug-likeness (QED) is 0.647. The highest BCUT2D eigenvalue weighted by Crippen LogP contribution is 2.20. The van der Waals surface area contributed by atoms with Crippen molar-refractivity contribution in [1.82, 2.24) is 4.98 Å². The maximum Gasteiger partial charge on any atom is 0.339 e. The van der Waals surface area contributed by atoms with Gasteiger partial charge >= 0.3 is 5.97 Å². The molecule has 0 unspecified atom stereocenters. The summed E-state index contributed by atoms with van der Waals surface area (Å²) >= 11 is 0. The minimum Gasteiger partial charge on any atom is -0.449 e. The Bertz CT molecular complexity index is 1080. The van der Waals surface area contributed by atoms with Crippen molar-refractivity contribution in [2.24, 2.45) is 0 Å². The molecule has 0 aliphatic rings. The Kier molecular flexibility index (Phi) is 5.87. The number of ether oxygens (including phenoxy) is 1. The number of carbonyl (C=O) groups is 3. The molecule has 2 N–H and O–H groups in total. The maximum atomic E-state index is 12.7. The number of amides is 2. The lowest BCUT2D eigenvalue weighted by molar-refractivity contribution is -0.123. The van der Waals surface area contributed by atoms with E-state index < -0.39 is 18.0 Å². The van der Waals surface area contributed by atoms with Crippen molar-refractivity contribution in [1.29, 1.82) is 0 Å². The van der Waals surface area contributed by atoms with E-state index in [2.05, 4.69) is 15.6 Å². The summed E-state index contributed by atoms with van der Waals surface area (Å²) in [6.45, 7) is 4.72. The zero-order valence-electron chi connectivity index (χ0n) is 16.4. The fraction of sp³-hybridized carbons (Fsp3) is 0.182. The van der Waals surface area contributed by atoms with E-state index in [1.165, 1.54) is 13.8 Å². The number of nitrogens with zero attached hydrogens (tertiary/aromatic N) is 1. The zero-order valence-corrected chi connectivity index (χ0v) is 16.4. The molecule has 0 saturated carbocycles. The Morgan fingerprint density at radius 2 is 1.59 bits per heavy atom. The Labute approximate surface area is 168 Å². The molecule has 0 fully saturated rings. The summed E-state index contributed by atoms with van der Waals surface area (Å²) in [6.07, 6.45) is -0.996. The Morgan fingerprint density at radius 1 is 0.966 bits per heavy atom. The van der Waals surface area contributed by atoms with Crippen LogP contribution in [0, 0.1) is 6.92 Å². The Morgan fingerprint density at radius 3 is 2.24 bits per heavy atom. The highest BCUT2D eigenvalue weighted by Gasteiger charge is 2.21. The van der Waals surface area contributed by atoms with E-state index in [4.69, 9.17) is 4.74 Å². The number of esters is 1. The number of benzene rings is 2. The van der Waals surface area contributed by atoms with Gasteiger partial charge in [0, 0.05) is 29.4 Å². The molecular formula is C22H21N3O4. The minimum absolute atomic E-state index is 0.179. The van der Waals surface area contributed by atoms with E-state index in [-0.39, 0.29) is 5.91 Å². The van der Waals surface area contributed by atoms with Gasteiger partial charge in [-0.3, -0.25) is 14.6 Å². The van der Waals surface area contributed by atoms with Crippen molar-refractivity contribution >= 4 is 40.1 Å². The second-order valence-electron chi connectivity index (χ2n) is 6.62. The van der Waals surface area contributed by atoms with Gasteiger partial charge in [0.2, 0.25) is 5.91 Å². The van der Waals surface area contributed by atoms with Crippen molar-refractivity contribution in [3.8, 4) is 0 Å². The molecule has 0 bridgehead atoms. The van der Waals surface area contributed by atoms with Crippen molar-refractivity contribution in [3.63, 3.8) is 0 Å². The SMILES string of the molecule is CC(=O)Nc1ccc(NC(=O)[C@H](C)OC(=O)c2cc(C)nc3ccccc23)cc1. The predicted octanol–water partition coefficient (Wildman–Crippen LogP) is 3.69. The number of carbonyl (C=O) groups excluding carboxylic acids is 3. The lowest BCUT2D eigenvalue weighted by Crippen LogP contribution is -2.30. The van der Waals surface area contributed by atoms with E-state index in [0.29, 0.717) is 33.5 Å². The molecule has 3 rings (SSSR count). The number of para-hydroxylation sites is 1. The number of aryl methyl sites for hydroxylation is 1. The molecule has 2 amide bonds. The van der Waals surface area contributed by atoms with Crippen LogP contribution in [-0.2, 0) is 14.3 Å². The number of aromatic nitrogens is 1. The summed E-state index contributed by atoms with van der Waals surface area (Å²) < 4.78 is 5.37. The second kappa shape index (κ2) is 8.52. The van der Waals surface area contributed by atoms with Gasteiger partial charge < -0.3 is 15.4 Å². The lowest BCUT2D eigenvalue weighted by atomic mass is 10.1. The highest BCUT2D eigenvalue weighted by molar-refractivity contribution is 6.05. The summed E-state index contributed by atoms with van der Waals surface area (Å²) in [7, 11) is 0. The molecule has 0 aliphatic carbocycles. The Hall–Kier alpha value is -3.74. The van der Waals surface area contributed by atoms with E-state index in [1.807, 2.05) is 18.2 Å². The zero-order chi connectivity index (χ0) is 21.0. The van der Waals surface area contributed by atoms with Crippen LogP contribution in [0.25, 0.3) is 10.9 Å². The first-order chi connectivity index (χ1) is 13.8. The predicted molar refractivity (Wildman–Crippen MR) is 111 cm³/mol. The topological polar surface area (TPSA) is 97.4 Å². The third-order valence-corrected chi connectivity index (χ3v) is 4.19. The van der Waals surface area contributed by atoms with Gasteiger partial charge in [-0.1, -0.05) is 18.2 Å². The van der Waals surface area contributed by atoms with Crippen LogP contribution >= 0.6 is 0 Å². The molecule has 3 aromatic rings. The van der Waals surface area contributed by atoms with Gasteiger partial charge in [-0.2, -0.15) is 0 Å². The summed E-state index contributed by atoms with van der Waals surface area (Å²) in [5.41, 5.74) is 2.89. The summed E-state index contributed by atoms with van der Waals surface area (Å²) in [4.78, 5) is 40.5. The molecule has 0 aliphatic heterocycles. The Balaban J connectivity index is 1.68. The van der Waals surface area contributed by atoms with Crippen LogP contribution in [0.1, 0.15) is 29.9 Å². The average molecular weight is 391 g/mol. The molecule has 7 heteroatoms. The molecule has 1 heterocycles. The van der Waals surface area contributed by atoms with Crippen molar-refractivity contribution < 1.29 is 19.1 Å². The normalized spacial score (nSPS) is 11.6. The summed E-state index contributed by atoms with van der Waals surface area (Å²) in [5.74, 6) is -1.22. The van der Waals surface area contributed by atoms with Gasteiger partial charge in [0.25, 0.3) is 5.91 Å². The highest BCUT2D eigenvalue weighted by atomic mass is 16.5. The lowest BCUT2D eigenvalue weighted by Gasteiger charge is -2.15. The number of fused-ring (bicyclic) bond motifs is 1. The van der Waals surface area contributed by atoms with Crippen LogP contribution in [0.5, 0.6) is 0 Å². The van der Waals surface area contributed by atoms with Gasteiger partial charge in [0.15, 0.2) is 6.10 Å². The molecule has 148 valence electrons. The van der Waals surface area contributed by atoms with Crippen molar-refractivity contribution in [2.45, 2.75) is 26.9 Å². The van der Waals surface area contributed by atoms with Gasteiger partial charge in [-0.05, 0) is 50.2 Å². The van der Waals surface area contributed by atoms with Gasteiger partial charge in [-0.15, -0.1) is 0 Å². The van der Waals surface area contributed by atoms with Gasteiger partial charge in [0.1, 0.15) is 0 Å². The fourth-order valence-corrected chi connectivity index (χ4v) is 2.84. The fourth-order valence-electron chi connectivity index (χ4n) is 2.84. The minimum atomic E-state index is -0.996. The first-order valence-electron chi connectivity index (χ1n) is 9.09. The van der Waals surface area contributed by atoms with Gasteiger partial charge in [0.05, 0.1) is 11.1 Å². The standard InChI is InChI=1S/C22H21N3O4/c1-13-12-19(18-6-4-5-7-20(18)23-13)22(28)29-14(2)21(27)25-17-10-8-16(9-11-17)24-15(3)26/h4-12,14H,1-3H3,(H,24,26)(H,25,27)/t14-/m0/s1. The van der Waals surface area contributed by atoms with E-state index in [0.717, 1.165) is 0 Å². The van der Waals surface area contributed by atoms with Crippen LogP contribution in [-0.4, -0.2) is 28.9 Å². The molecule has 0 spiro atoms. The summed E-state index contributed by atoms with van der Waals surface area (Å²) in [5, 5.41) is 6.00. The molecule has 1 aromatic heterocycles. The first-order valence-corrected chi connectivity index (χ1v) is 9.09. The third kappa shape index (κ3) is 4.95. The molecule has 0 saturated heterocycles. The molecule has 0 radical (unpaired) electrons. The smallest absolute Gasteiger partial charge is 0.339 e. The van der Waals surface area contributed by atoms with Crippen molar-refractivity contribution in [3.05, 3.63) is 65.9 Å². The number of hydrogen-bond acceptors (Lipinski definition) is 5. The number of pyridine rings is 1. The van der Waals surface area contributed by atoms with E-state index in [1.54, 1.807) is 43.3 Å². The monoisotopic (exact) mass is 391 g/mol. The molecule has 7 nitrogen and oxygen atoms in total. The van der Waals surface area contributed by atoms with Crippen LogP contribution in [0.2, 0.25) is 0 Å². The van der Waals surface area contributed by atoms with Crippen LogP contribution in [0.15, 0.2) is 54.6 Å². The third-order valence-electron chi connectivity index (χ3n) is 4.19. The number of anilines is 2. The van der Waals surface area contributed by atoms with E-state index >= 15 is 0 Å². The first kappa shape index (κ1) is 20.0. The van der Waals surface area contributed by atoms with E-state index in [9.17, 15) is 14.4 Å². The van der Waals surface area contributed by atoms with Gasteiger partial charge in [-0.25, -0.2) is 4.79 Å². The average Bonchev–Trinajstić information content (AvgIpc) is 2.68. The maximum absolute atomic E-state index is 12.7. The summed E-state index contributed by atoms with van der Waals surface area (Å²) in [6, 6.07) is 15.6. The number of nitrogens with one attached hydrogen (secondary N) is 2. The molecule has 29 heavy (non-hydrogen) atoms. The van der Waals surface area contributed by atoms with Crippen LogP contribution in [0.4, 0.5) is 11.4 Å². The number of hydrogen-bond donors (Lipinski definition) is 2. The molecular weight excluding hydrogens is 370 g/mol. The van der Waals surface area contributed by atoms with Crippen LogP contribution < -0.4 is 10.6 Å². The number of rotatable bonds is 5. The largest absolute Gasteiger partial charge is 0.449 e. The second-order valence-corrected chi connectivity index (χ2v) is 6.62. The van der Waals surface area contributed by atoms with Crippen molar-refractivity contribution in [2.75, 3.05) is 10.6 Å². The van der Waals surface area contributed by atoms with Crippen LogP contribution in [0.3, 0.4) is 0 Å². The molecule has 2 aromatic carbocycles.